The van der Waals surface area contributed by atoms with Crippen LogP contribution in [0.25, 0.3) is 11.0 Å². The van der Waals surface area contributed by atoms with E-state index in [1.54, 1.807) is 0 Å². The third-order valence-corrected chi connectivity index (χ3v) is 6.53. The summed E-state index contributed by atoms with van der Waals surface area (Å²) in [5.74, 6) is 0.695. The second kappa shape index (κ2) is 7.84. The molecule has 0 saturated carbocycles. The number of aryl methyl sites for hydroxylation is 1. The van der Waals surface area contributed by atoms with Crippen molar-refractivity contribution in [1.29, 1.82) is 0 Å². The number of carboxylic acids is 1. The van der Waals surface area contributed by atoms with Gasteiger partial charge in [-0.2, -0.15) is 0 Å². The molecule has 6 heteroatoms. The molecule has 152 valence electrons. The number of likely N-dealkylation sites (tertiary alicyclic amines) is 1. The normalized spacial score (nSPS) is 22.5. The number of carboxylic acid groups (broad SMARTS) is 1. The molecular formula is C22H31N3O3. The largest absolute Gasteiger partial charge is 0.481 e. The lowest BCUT2D eigenvalue weighted by atomic mass is 9.72. The Kier molecular flexibility index (Phi) is 5.43. The maximum atomic E-state index is 12.0. The molecule has 1 unspecified atom stereocenters. The van der Waals surface area contributed by atoms with Crippen molar-refractivity contribution >= 4 is 17.0 Å². The second-order valence-corrected chi connectivity index (χ2v) is 8.89. The van der Waals surface area contributed by atoms with Gasteiger partial charge in [0.25, 0.3) is 0 Å². The number of fused-ring (bicyclic) bond motifs is 1. The number of rotatable bonds is 6. The first-order chi connectivity index (χ1) is 13.5. The molecule has 1 spiro atoms. The fourth-order valence-electron chi connectivity index (χ4n) is 4.90. The van der Waals surface area contributed by atoms with Gasteiger partial charge in [0.2, 0.25) is 0 Å². The van der Waals surface area contributed by atoms with Crippen LogP contribution in [0, 0.1) is 17.3 Å². The number of hydrogen-bond donors (Lipinski definition) is 1. The molecule has 6 nitrogen and oxygen atoms in total. The summed E-state index contributed by atoms with van der Waals surface area (Å²) in [6.45, 7) is 8.90. The van der Waals surface area contributed by atoms with Crippen molar-refractivity contribution in [3.8, 4) is 0 Å². The molecule has 2 aliphatic rings. The van der Waals surface area contributed by atoms with Gasteiger partial charge >= 0.3 is 5.97 Å². The molecule has 2 fully saturated rings. The van der Waals surface area contributed by atoms with E-state index in [1.165, 1.54) is 5.52 Å². The van der Waals surface area contributed by atoms with Crippen molar-refractivity contribution in [2.45, 2.75) is 46.2 Å². The van der Waals surface area contributed by atoms with Crippen LogP contribution >= 0.6 is 0 Å². The number of benzene rings is 1. The highest BCUT2D eigenvalue weighted by atomic mass is 16.5. The number of aromatic nitrogens is 2. The van der Waals surface area contributed by atoms with Crippen LogP contribution in [-0.2, 0) is 22.6 Å². The van der Waals surface area contributed by atoms with Crippen molar-refractivity contribution < 1.29 is 14.6 Å². The predicted octanol–water partition coefficient (Wildman–Crippen LogP) is 3.40. The van der Waals surface area contributed by atoms with E-state index in [9.17, 15) is 9.90 Å². The Morgan fingerprint density at radius 3 is 2.79 bits per heavy atom. The molecule has 28 heavy (non-hydrogen) atoms. The number of para-hydroxylation sites is 2. The van der Waals surface area contributed by atoms with Crippen LogP contribution in [0.5, 0.6) is 0 Å². The summed E-state index contributed by atoms with van der Waals surface area (Å²) < 4.78 is 7.86. The molecule has 4 rings (SSSR count). The summed E-state index contributed by atoms with van der Waals surface area (Å²) in [5, 5.41) is 9.84. The molecule has 1 atom stereocenters. The lowest BCUT2D eigenvalue weighted by Gasteiger charge is -2.36. The van der Waals surface area contributed by atoms with Gasteiger partial charge in [0, 0.05) is 38.3 Å². The van der Waals surface area contributed by atoms with Gasteiger partial charge in [0.15, 0.2) is 0 Å². The standard InChI is InChI=1S/C22H31N3O3/c1-16(2)7-10-25-19-6-4-3-5-18(19)23-20(25)14-24-13-17(21(26)27)22(15-24)8-11-28-12-9-22/h3-6,16-17H,7-15H2,1-2H3,(H,26,27). The Labute approximate surface area is 166 Å². The van der Waals surface area contributed by atoms with E-state index < -0.39 is 5.97 Å². The smallest absolute Gasteiger partial charge is 0.308 e. The highest BCUT2D eigenvalue weighted by Gasteiger charge is 2.50. The van der Waals surface area contributed by atoms with E-state index in [4.69, 9.17) is 9.72 Å². The maximum Gasteiger partial charge on any atom is 0.308 e. The SMILES string of the molecule is CC(C)CCn1c(CN2CC(C(=O)O)C3(CCOCC3)C2)nc2ccccc21. The zero-order chi connectivity index (χ0) is 19.7. The Morgan fingerprint density at radius 2 is 2.07 bits per heavy atom. The first-order valence-electron chi connectivity index (χ1n) is 10.5. The van der Waals surface area contributed by atoms with Crippen LogP contribution in [0.3, 0.4) is 0 Å². The monoisotopic (exact) mass is 385 g/mol. The van der Waals surface area contributed by atoms with Crippen LogP contribution in [0.4, 0.5) is 0 Å². The van der Waals surface area contributed by atoms with Crippen LogP contribution in [0.2, 0.25) is 0 Å². The number of nitrogens with zero attached hydrogens (tertiary/aromatic N) is 3. The fraction of sp³-hybridized carbons (Fsp3) is 0.636. The van der Waals surface area contributed by atoms with Crippen molar-refractivity contribution in [3.05, 3.63) is 30.1 Å². The van der Waals surface area contributed by atoms with Crippen LogP contribution in [-0.4, -0.2) is 51.8 Å². The molecule has 0 radical (unpaired) electrons. The van der Waals surface area contributed by atoms with Gasteiger partial charge in [-0.15, -0.1) is 0 Å². The first-order valence-corrected chi connectivity index (χ1v) is 10.5. The number of imidazole rings is 1. The van der Waals surface area contributed by atoms with Crippen molar-refractivity contribution in [2.75, 3.05) is 26.3 Å². The Bertz CT molecular complexity index is 839. The third-order valence-electron chi connectivity index (χ3n) is 6.53. The summed E-state index contributed by atoms with van der Waals surface area (Å²) in [4.78, 5) is 19.2. The van der Waals surface area contributed by atoms with E-state index in [2.05, 4.69) is 41.5 Å². The third kappa shape index (κ3) is 3.67. The molecular weight excluding hydrogens is 354 g/mol. The molecule has 2 aromatic rings. The molecule has 0 amide bonds. The summed E-state index contributed by atoms with van der Waals surface area (Å²) in [6.07, 6.45) is 2.78. The average Bonchev–Trinajstić information content (AvgIpc) is 3.18. The summed E-state index contributed by atoms with van der Waals surface area (Å²) >= 11 is 0. The minimum atomic E-state index is -0.669. The molecule has 1 N–H and O–H groups in total. The Hall–Kier alpha value is -1.92. The number of aliphatic carboxylic acids is 1. The Morgan fingerprint density at radius 1 is 1.32 bits per heavy atom. The highest BCUT2D eigenvalue weighted by molar-refractivity contribution is 5.76. The lowest BCUT2D eigenvalue weighted by molar-refractivity contribution is -0.147. The molecule has 3 heterocycles. The summed E-state index contributed by atoms with van der Waals surface area (Å²) in [5.41, 5.74) is 2.04. The second-order valence-electron chi connectivity index (χ2n) is 8.89. The lowest BCUT2D eigenvalue weighted by Crippen LogP contribution is -2.40. The average molecular weight is 386 g/mol. The van der Waals surface area contributed by atoms with Crippen molar-refractivity contribution in [3.63, 3.8) is 0 Å². The van der Waals surface area contributed by atoms with E-state index in [0.717, 1.165) is 43.7 Å². The maximum absolute atomic E-state index is 12.0. The van der Waals surface area contributed by atoms with Gasteiger partial charge in [0.1, 0.15) is 5.82 Å². The molecule has 1 aromatic carbocycles. The van der Waals surface area contributed by atoms with Gasteiger partial charge in [-0.3, -0.25) is 9.69 Å². The summed E-state index contributed by atoms with van der Waals surface area (Å²) in [7, 11) is 0. The minimum Gasteiger partial charge on any atom is -0.481 e. The predicted molar refractivity (Wildman–Crippen MR) is 108 cm³/mol. The molecule has 2 aliphatic heterocycles. The summed E-state index contributed by atoms with van der Waals surface area (Å²) in [6, 6.07) is 8.29. The highest BCUT2D eigenvalue weighted by Crippen LogP contribution is 2.44. The van der Waals surface area contributed by atoms with Crippen LogP contribution < -0.4 is 0 Å². The number of ether oxygens (including phenoxy) is 1. The zero-order valence-corrected chi connectivity index (χ0v) is 16.9. The van der Waals surface area contributed by atoms with Crippen LogP contribution in [0.1, 0.15) is 38.9 Å². The molecule has 2 saturated heterocycles. The topological polar surface area (TPSA) is 67.6 Å². The first kappa shape index (κ1) is 19.4. The fourth-order valence-corrected chi connectivity index (χ4v) is 4.90. The van der Waals surface area contributed by atoms with Gasteiger partial charge < -0.3 is 14.4 Å². The quantitative estimate of drug-likeness (QED) is 0.825. The zero-order valence-electron chi connectivity index (χ0n) is 16.9. The van der Waals surface area contributed by atoms with Crippen molar-refractivity contribution in [2.24, 2.45) is 17.3 Å². The van der Waals surface area contributed by atoms with E-state index in [0.29, 0.717) is 32.2 Å². The molecule has 0 aliphatic carbocycles. The Balaban J connectivity index is 1.59. The van der Waals surface area contributed by atoms with Crippen LogP contribution in [0.15, 0.2) is 24.3 Å². The number of carbonyl (C=O) groups is 1. The molecule has 0 bridgehead atoms. The van der Waals surface area contributed by atoms with Crippen molar-refractivity contribution in [1.82, 2.24) is 14.5 Å². The number of hydrogen-bond acceptors (Lipinski definition) is 4. The van der Waals surface area contributed by atoms with E-state index in [-0.39, 0.29) is 11.3 Å². The molecule has 1 aromatic heterocycles. The van der Waals surface area contributed by atoms with Gasteiger partial charge in [-0.25, -0.2) is 4.98 Å². The van der Waals surface area contributed by atoms with E-state index >= 15 is 0 Å². The van der Waals surface area contributed by atoms with E-state index in [1.807, 2.05) is 6.07 Å². The van der Waals surface area contributed by atoms with Gasteiger partial charge in [-0.1, -0.05) is 26.0 Å². The van der Waals surface area contributed by atoms with Gasteiger partial charge in [-0.05, 0) is 37.3 Å². The van der Waals surface area contributed by atoms with Gasteiger partial charge in [0.05, 0.1) is 23.5 Å². The minimum absolute atomic E-state index is 0.154.